The molecule has 6 nitrogen and oxygen atoms in total. The van der Waals surface area contributed by atoms with Crippen molar-refractivity contribution in [2.45, 2.75) is 32.8 Å². The van der Waals surface area contributed by atoms with Crippen LogP contribution >= 0.6 is 11.6 Å². The summed E-state index contributed by atoms with van der Waals surface area (Å²) in [5.74, 6) is -0.521. The molecule has 0 saturated carbocycles. The number of oxime groups is 1. The van der Waals surface area contributed by atoms with Crippen molar-refractivity contribution in [3.8, 4) is 0 Å². The van der Waals surface area contributed by atoms with E-state index < -0.39 is 5.60 Å². The molecule has 0 fully saturated rings. The van der Waals surface area contributed by atoms with Gasteiger partial charge in [-0.05, 0) is 60.9 Å². The van der Waals surface area contributed by atoms with E-state index in [1.54, 1.807) is 6.07 Å². The van der Waals surface area contributed by atoms with E-state index in [4.69, 9.17) is 16.4 Å². The van der Waals surface area contributed by atoms with Crippen LogP contribution in [0.15, 0.2) is 59.8 Å². The van der Waals surface area contributed by atoms with E-state index in [0.29, 0.717) is 23.6 Å². The second kappa shape index (κ2) is 9.24. The molecule has 0 saturated heterocycles. The van der Waals surface area contributed by atoms with Gasteiger partial charge >= 0.3 is 0 Å². The number of rotatable bonds is 6. The Balaban J connectivity index is 1.63. The quantitative estimate of drug-likeness (QED) is 0.555. The average Bonchev–Trinajstić information content (AvgIpc) is 3.19. The molecule has 0 aliphatic carbocycles. The number of carbonyl (C=O) groups excluding carboxylic acids is 2. The third-order valence-corrected chi connectivity index (χ3v) is 6.00. The Morgan fingerprint density at radius 3 is 2.58 bits per heavy atom. The summed E-state index contributed by atoms with van der Waals surface area (Å²) in [4.78, 5) is 30.4. The highest BCUT2D eigenvalue weighted by Gasteiger charge is 2.37. The summed E-state index contributed by atoms with van der Waals surface area (Å²) in [6, 6.07) is 17.2. The number of benzene rings is 3. The number of hydrogen-bond acceptors (Lipinski definition) is 4. The summed E-state index contributed by atoms with van der Waals surface area (Å²) in [6.45, 7) is 6.28. The third-order valence-electron chi connectivity index (χ3n) is 5.78. The number of nitrogens with zero attached hydrogens (tertiary/aromatic N) is 1. The minimum atomic E-state index is -0.630. The van der Waals surface area contributed by atoms with Gasteiger partial charge in [0, 0.05) is 29.1 Å². The van der Waals surface area contributed by atoms with E-state index in [2.05, 4.69) is 21.9 Å². The van der Waals surface area contributed by atoms with Gasteiger partial charge in [-0.1, -0.05) is 53.2 Å². The monoisotopic (exact) mass is 463 g/mol. The molecule has 0 bridgehead atoms. The number of aryl methyl sites for hydroxylation is 1. The number of amides is 2. The Hall–Kier alpha value is -3.38. The molecule has 0 aromatic heterocycles. The number of fused-ring (bicyclic) bond motifs is 1. The van der Waals surface area contributed by atoms with E-state index in [0.717, 1.165) is 33.2 Å². The predicted octanol–water partition coefficient (Wildman–Crippen LogP) is 4.71. The number of halogens is 1. The van der Waals surface area contributed by atoms with Crippen LogP contribution in [-0.2, 0) is 15.2 Å². The largest absolute Gasteiger partial charge is 0.384 e. The first kappa shape index (κ1) is 22.8. The molecule has 3 aromatic carbocycles. The topological polar surface area (TPSA) is 79.8 Å². The number of carbonyl (C=O) groups is 2. The van der Waals surface area contributed by atoms with Gasteiger partial charge in [-0.3, -0.25) is 9.59 Å². The van der Waals surface area contributed by atoms with Gasteiger partial charge in [0.25, 0.3) is 5.91 Å². The van der Waals surface area contributed by atoms with Crippen molar-refractivity contribution in [1.82, 2.24) is 10.6 Å². The van der Waals surface area contributed by atoms with Crippen LogP contribution in [-0.4, -0.2) is 30.6 Å². The van der Waals surface area contributed by atoms with E-state index in [9.17, 15) is 9.59 Å². The highest BCUT2D eigenvalue weighted by molar-refractivity contribution is 6.30. The van der Waals surface area contributed by atoms with Gasteiger partial charge in [-0.25, -0.2) is 0 Å². The Morgan fingerprint density at radius 1 is 1.09 bits per heavy atom. The van der Waals surface area contributed by atoms with Crippen molar-refractivity contribution in [1.29, 1.82) is 0 Å². The van der Waals surface area contributed by atoms with Crippen molar-refractivity contribution in [2.24, 2.45) is 5.16 Å². The molecular formula is C26H26ClN3O3. The lowest BCUT2D eigenvalue weighted by molar-refractivity contribution is -0.120. The highest BCUT2D eigenvalue weighted by atomic mass is 35.5. The number of nitrogens with one attached hydrogen (secondary N) is 2. The third kappa shape index (κ3) is 4.71. The lowest BCUT2D eigenvalue weighted by Crippen LogP contribution is -2.36. The van der Waals surface area contributed by atoms with E-state index in [-0.39, 0.29) is 18.4 Å². The van der Waals surface area contributed by atoms with Crippen molar-refractivity contribution in [2.75, 3.05) is 13.1 Å². The Bertz CT molecular complexity index is 1250. The van der Waals surface area contributed by atoms with Gasteiger partial charge in [0.15, 0.2) is 5.60 Å². The normalized spacial score (nSPS) is 17.4. The van der Waals surface area contributed by atoms with Gasteiger partial charge in [-0.15, -0.1) is 0 Å². The molecule has 3 aromatic rings. The Morgan fingerprint density at radius 2 is 1.85 bits per heavy atom. The molecule has 1 aliphatic rings. The first-order valence-corrected chi connectivity index (χ1v) is 11.3. The summed E-state index contributed by atoms with van der Waals surface area (Å²) in [6.07, 6.45) is 0.569. The molecule has 7 heteroatoms. The molecule has 2 N–H and O–H groups in total. The van der Waals surface area contributed by atoms with Crippen molar-refractivity contribution >= 4 is 39.9 Å². The zero-order valence-electron chi connectivity index (χ0n) is 18.9. The molecule has 0 spiro atoms. The standard InChI is InChI=1S/C26H26ClN3O3/c1-4-28-24(31)15-29-25(32)22-10-9-21(19-7-5-6-8-20(19)22)23-14-26(3,33-30-23)17-11-16(2)12-18(27)13-17/h5-13H,4,14-15H2,1-3H3,(H,28,31)(H,29,32). The van der Waals surface area contributed by atoms with Crippen LogP contribution in [0.3, 0.4) is 0 Å². The summed E-state index contributed by atoms with van der Waals surface area (Å²) in [5.41, 5.74) is 3.62. The second-order valence-corrected chi connectivity index (χ2v) is 8.83. The summed E-state index contributed by atoms with van der Waals surface area (Å²) >= 11 is 6.28. The van der Waals surface area contributed by atoms with Crippen LogP contribution in [0.5, 0.6) is 0 Å². The second-order valence-electron chi connectivity index (χ2n) is 8.40. The van der Waals surface area contributed by atoms with Gasteiger partial charge < -0.3 is 15.5 Å². The first-order chi connectivity index (χ1) is 15.8. The molecule has 1 aliphatic heterocycles. The van der Waals surface area contributed by atoms with Crippen LogP contribution in [0.25, 0.3) is 10.8 Å². The van der Waals surface area contributed by atoms with Gasteiger partial charge in [0.2, 0.25) is 5.91 Å². The van der Waals surface area contributed by atoms with Crippen LogP contribution in [0.1, 0.15) is 47.3 Å². The molecule has 2 amide bonds. The molecule has 33 heavy (non-hydrogen) atoms. The van der Waals surface area contributed by atoms with Gasteiger partial charge in [0.1, 0.15) is 0 Å². The number of likely N-dealkylation sites (N-methyl/N-ethyl adjacent to an activating group) is 1. The Kier molecular flexibility index (Phi) is 6.38. The summed E-state index contributed by atoms with van der Waals surface area (Å²) in [7, 11) is 0. The maximum atomic E-state index is 12.8. The number of hydrogen-bond donors (Lipinski definition) is 2. The van der Waals surface area contributed by atoms with Crippen molar-refractivity contribution in [3.63, 3.8) is 0 Å². The minimum Gasteiger partial charge on any atom is -0.384 e. The summed E-state index contributed by atoms with van der Waals surface area (Å²) in [5, 5.41) is 12.1. The molecule has 1 heterocycles. The van der Waals surface area contributed by atoms with E-state index in [1.807, 2.05) is 63.2 Å². The maximum absolute atomic E-state index is 12.8. The van der Waals surface area contributed by atoms with Crippen LogP contribution in [0, 0.1) is 6.92 Å². The van der Waals surface area contributed by atoms with Crippen molar-refractivity contribution in [3.05, 3.63) is 81.9 Å². The fourth-order valence-corrected chi connectivity index (χ4v) is 4.43. The lowest BCUT2D eigenvalue weighted by atomic mass is 9.86. The van der Waals surface area contributed by atoms with Crippen LogP contribution in [0.2, 0.25) is 5.02 Å². The molecule has 170 valence electrons. The molecule has 4 rings (SSSR count). The predicted molar refractivity (Wildman–Crippen MR) is 131 cm³/mol. The van der Waals surface area contributed by atoms with E-state index in [1.165, 1.54) is 0 Å². The SMILES string of the molecule is CCNC(=O)CNC(=O)c1ccc(C2=NOC(C)(c3cc(C)cc(Cl)c3)C2)c2ccccc12. The fourth-order valence-electron chi connectivity index (χ4n) is 4.14. The van der Waals surface area contributed by atoms with Gasteiger partial charge in [0.05, 0.1) is 12.3 Å². The molecule has 0 radical (unpaired) electrons. The van der Waals surface area contributed by atoms with Crippen molar-refractivity contribution < 1.29 is 14.4 Å². The zero-order chi connectivity index (χ0) is 23.6. The first-order valence-electron chi connectivity index (χ1n) is 10.9. The minimum absolute atomic E-state index is 0.0687. The van der Waals surface area contributed by atoms with Crippen LogP contribution < -0.4 is 10.6 Å². The highest BCUT2D eigenvalue weighted by Crippen LogP contribution is 2.39. The summed E-state index contributed by atoms with van der Waals surface area (Å²) < 4.78 is 0. The zero-order valence-corrected chi connectivity index (χ0v) is 19.6. The van der Waals surface area contributed by atoms with E-state index >= 15 is 0 Å². The molecule has 1 atom stereocenters. The molecular weight excluding hydrogens is 438 g/mol. The smallest absolute Gasteiger partial charge is 0.252 e. The van der Waals surface area contributed by atoms with Gasteiger partial charge in [-0.2, -0.15) is 0 Å². The van der Waals surface area contributed by atoms with Crippen LogP contribution in [0.4, 0.5) is 0 Å². The lowest BCUT2D eigenvalue weighted by Gasteiger charge is -2.22. The fraction of sp³-hybridized carbons (Fsp3) is 0.269. The Labute approximate surface area is 198 Å². The average molecular weight is 464 g/mol. The maximum Gasteiger partial charge on any atom is 0.252 e. The molecule has 1 unspecified atom stereocenters.